The molecule has 0 fully saturated rings. The van der Waals surface area contributed by atoms with Crippen LogP contribution in [0.2, 0.25) is 0 Å². The van der Waals surface area contributed by atoms with E-state index in [4.69, 9.17) is 0 Å². The van der Waals surface area contributed by atoms with E-state index in [9.17, 15) is 9.59 Å². The van der Waals surface area contributed by atoms with E-state index >= 15 is 0 Å². The summed E-state index contributed by atoms with van der Waals surface area (Å²) in [6.45, 7) is 5.72. The van der Waals surface area contributed by atoms with Crippen LogP contribution in [0.5, 0.6) is 0 Å². The van der Waals surface area contributed by atoms with Crippen molar-refractivity contribution in [2.75, 3.05) is 0 Å². The summed E-state index contributed by atoms with van der Waals surface area (Å²) in [6, 6.07) is 0.0312. The van der Waals surface area contributed by atoms with Gasteiger partial charge in [-0.05, 0) is 20.3 Å². The molecule has 0 N–H and O–H groups in total. The van der Waals surface area contributed by atoms with Gasteiger partial charge in [-0.2, -0.15) is 0 Å². The van der Waals surface area contributed by atoms with Crippen LogP contribution in [-0.4, -0.2) is 22.8 Å². The third kappa shape index (κ3) is 2.03. The second-order valence-corrected chi connectivity index (χ2v) is 3.83. The molecule has 0 saturated heterocycles. The molecule has 0 bridgehead atoms. The molecule has 0 aliphatic carbocycles. The minimum absolute atomic E-state index is 0.0312. The number of carbonyl (C=O) groups is 2. The average Bonchev–Trinajstić information content (AvgIpc) is 2.38. The number of unbranched alkanes of at least 4 members (excludes halogenated alkanes) is 1. The summed E-state index contributed by atoms with van der Waals surface area (Å²) in [5.74, 6) is -0.283. The minimum atomic E-state index is -0.156. The van der Waals surface area contributed by atoms with E-state index in [2.05, 4.69) is 6.92 Å². The van der Waals surface area contributed by atoms with Gasteiger partial charge in [0.15, 0.2) is 0 Å². The Labute approximate surface area is 84.8 Å². The lowest BCUT2D eigenvalue weighted by molar-refractivity contribution is -0.139. The normalized spacial score (nSPS) is 18.8. The number of hydrogen-bond donors (Lipinski definition) is 0. The first-order valence-corrected chi connectivity index (χ1v) is 5.13. The second-order valence-electron chi connectivity index (χ2n) is 3.83. The van der Waals surface area contributed by atoms with Gasteiger partial charge in [-0.1, -0.05) is 19.8 Å². The van der Waals surface area contributed by atoms with Crippen LogP contribution in [0.3, 0.4) is 0 Å². The fourth-order valence-corrected chi connectivity index (χ4v) is 1.65. The highest BCUT2D eigenvalue weighted by molar-refractivity contribution is 6.16. The highest BCUT2D eigenvalue weighted by Gasteiger charge is 2.31. The quantitative estimate of drug-likeness (QED) is 0.642. The average molecular weight is 195 g/mol. The van der Waals surface area contributed by atoms with Crippen molar-refractivity contribution in [3.63, 3.8) is 0 Å². The van der Waals surface area contributed by atoms with E-state index in [1.54, 1.807) is 6.92 Å². The summed E-state index contributed by atoms with van der Waals surface area (Å²) in [5.41, 5.74) is 0.554. The number of hydrogen-bond acceptors (Lipinski definition) is 2. The van der Waals surface area contributed by atoms with Crippen molar-refractivity contribution in [1.29, 1.82) is 0 Å². The monoisotopic (exact) mass is 195 g/mol. The maximum absolute atomic E-state index is 11.6. The van der Waals surface area contributed by atoms with Crippen LogP contribution < -0.4 is 0 Å². The minimum Gasteiger partial charge on any atom is -0.272 e. The molecular formula is C11H17NO2. The molecule has 0 saturated carbocycles. The van der Waals surface area contributed by atoms with Crippen molar-refractivity contribution >= 4 is 11.8 Å². The van der Waals surface area contributed by atoms with Crippen molar-refractivity contribution in [1.82, 2.24) is 4.90 Å². The molecule has 0 spiro atoms. The molecule has 0 aromatic rings. The van der Waals surface area contributed by atoms with Crippen molar-refractivity contribution in [3.8, 4) is 0 Å². The lowest BCUT2D eigenvalue weighted by Gasteiger charge is -2.22. The fraction of sp³-hybridized carbons (Fsp3) is 0.636. The van der Waals surface area contributed by atoms with Gasteiger partial charge in [-0.3, -0.25) is 14.5 Å². The SMILES string of the molecule is CCCCC(C)N1C(=O)C=C(C)C1=O. The van der Waals surface area contributed by atoms with E-state index in [0.717, 1.165) is 19.3 Å². The van der Waals surface area contributed by atoms with Crippen LogP contribution in [0.25, 0.3) is 0 Å². The molecule has 2 amide bonds. The predicted molar refractivity (Wildman–Crippen MR) is 54.6 cm³/mol. The Bertz CT molecular complexity index is 281. The van der Waals surface area contributed by atoms with Crippen molar-refractivity contribution in [2.45, 2.75) is 46.1 Å². The zero-order valence-electron chi connectivity index (χ0n) is 9.04. The van der Waals surface area contributed by atoms with Gasteiger partial charge in [0.25, 0.3) is 11.8 Å². The summed E-state index contributed by atoms with van der Waals surface area (Å²) in [6.07, 6.45) is 4.46. The predicted octanol–water partition coefficient (Wildman–Crippen LogP) is 1.88. The molecule has 0 aromatic heterocycles. The molecule has 1 aliphatic rings. The number of rotatable bonds is 4. The van der Waals surface area contributed by atoms with Crippen LogP contribution in [-0.2, 0) is 9.59 Å². The van der Waals surface area contributed by atoms with Gasteiger partial charge in [-0.25, -0.2) is 0 Å². The van der Waals surface area contributed by atoms with Gasteiger partial charge in [0, 0.05) is 17.7 Å². The Kier molecular flexibility index (Phi) is 3.44. The summed E-state index contributed by atoms with van der Waals surface area (Å²) >= 11 is 0. The van der Waals surface area contributed by atoms with Gasteiger partial charge < -0.3 is 0 Å². The third-order valence-corrected chi connectivity index (χ3v) is 2.55. The van der Waals surface area contributed by atoms with Gasteiger partial charge >= 0.3 is 0 Å². The number of carbonyl (C=O) groups excluding carboxylic acids is 2. The molecule has 1 heterocycles. The third-order valence-electron chi connectivity index (χ3n) is 2.55. The smallest absolute Gasteiger partial charge is 0.256 e. The Morgan fingerprint density at radius 3 is 2.50 bits per heavy atom. The molecular weight excluding hydrogens is 178 g/mol. The fourth-order valence-electron chi connectivity index (χ4n) is 1.65. The van der Waals surface area contributed by atoms with E-state index in [-0.39, 0.29) is 17.9 Å². The molecule has 0 radical (unpaired) electrons. The highest BCUT2D eigenvalue weighted by atomic mass is 16.2. The van der Waals surface area contributed by atoms with E-state index in [1.807, 2.05) is 6.92 Å². The Morgan fingerprint density at radius 1 is 1.43 bits per heavy atom. The number of nitrogens with zero attached hydrogens (tertiary/aromatic N) is 1. The lowest BCUT2D eigenvalue weighted by Crippen LogP contribution is -2.38. The number of imide groups is 1. The Morgan fingerprint density at radius 2 is 2.07 bits per heavy atom. The molecule has 1 aliphatic heterocycles. The van der Waals surface area contributed by atoms with Crippen LogP contribution >= 0.6 is 0 Å². The first-order valence-electron chi connectivity index (χ1n) is 5.13. The lowest BCUT2D eigenvalue weighted by atomic mass is 10.1. The Hall–Kier alpha value is -1.12. The summed E-state index contributed by atoms with van der Waals surface area (Å²) in [4.78, 5) is 24.4. The van der Waals surface area contributed by atoms with Crippen molar-refractivity contribution in [2.24, 2.45) is 0 Å². The standard InChI is InChI=1S/C11H17NO2/c1-4-5-6-9(3)12-10(13)7-8(2)11(12)14/h7,9H,4-6H2,1-3H3. The summed E-state index contributed by atoms with van der Waals surface area (Å²) in [7, 11) is 0. The molecule has 3 nitrogen and oxygen atoms in total. The first-order chi connectivity index (χ1) is 6.57. The maximum atomic E-state index is 11.6. The summed E-state index contributed by atoms with van der Waals surface area (Å²) < 4.78 is 0. The molecule has 14 heavy (non-hydrogen) atoms. The summed E-state index contributed by atoms with van der Waals surface area (Å²) in [5, 5.41) is 0. The van der Waals surface area contributed by atoms with E-state index in [0.29, 0.717) is 5.57 Å². The van der Waals surface area contributed by atoms with Gasteiger partial charge in [-0.15, -0.1) is 0 Å². The van der Waals surface area contributed by atoms with E-state index in [1.165, 1.54) is 11.0 Å². The first kappa shape index (κ1) is 11.0. The van der Waals surface area contributed by atoms with Crippen LogP contribution in [0.4, 0.5) is 0 Å². The van der Waals surface area contributed by atoms with Gasteiger partial charge in [0.05, 0.1) is 0 Å². The largest absolute Gasteiger partial charge is 0.272 e. The topological polar surface area (TPSA) is 37.4 Å². The van der Waals surface area contributed by atoms with Crippen LogP contribution in [0.15, 0.2) is 11.6 Å². The molecule has 3 heteroatoms. The van der Waals surface area contributed by atoms with Gasteiger partial charge in [0.1, 0.15) is 0 Å². The maximum Gasteiger partial charge on any atom is 0.256 e. The van der Waals surface area contributed by atoms with Crippen LogP contribution in [0, 0.1) is 0 Å². The molecule has 1 atom stereocenters. The van der Waals surface area contributed by atoms with Crippen molar-refractivity contribution in [3.05, 3.63) is 11.6 Å². The highest BCUT2D eigenvalue weighted by Crippen LogP contribution is 2.18. The number of amides is 2. The molecule has 78 valence electrons. The Balaban J connectivity index is 2.62. The van der Waals surface area contributed by atoms with E-state index < -0.39 is 0 Å². The van der Waals surface area contributed by atoms with Gasteiger partial charge in [0.2, 0.25) is 0 Å². The van der Waals surface area contributed by atoms with Crippen LogP contribution in [0.1, 0.15) is 40.0 Å². The molecule has 1 rings (SSSR count). The zero-order valence-corrected chi connectivity index (χ0v) is 9.04. The zero-order chi connectivity index (χ0) is 10.7. The molecule has 0 aromatic carbocycles. The van der Waals surface area contributed by atoms with Crippen molar-refractivity contribution < 1.29 is 9.59 Å². The second kappa shape index (κ2) is 4.40. The molecule has 1 unspecified atom stereocenters.